The molecule has 1 aromatic heterocycles. The first kappa shape index (κ1) is 18.9. The minimum atomic E-state index is -0.464. The standard InChI is InChI=1S/C22H28N4O2/c1-3-25(2)19-16-6-4-5-7-17(16)22(20(19)27)10-12-26(13-11-22)18-9-8-15(14-24-18)21(23)28/h4-9,14,19-20,27H,3,10-13H2,1-2H3,(H2,23,28)/t19-,20+/m1/s1. The van der Waals surface area contributed by atoms with Crippen molar-refractivity contribution in [1.29, 1.82) is 0 Å². The normalized spacial score (nSPS) is 23.2. The van der Waals surface area contributed by atoms with Gasteiger partial charge < -0.3 is 15.7 Å². The molecule has 2 atom stereocenters. The Bertz CT molecular complexity index is 859. The average Bonchev–Trinajstić information content (AvgIpc) is 2.96. The van der Waals surface area contributed by atoms with E-state index in [0.717, 1.165) is 38.3 Å². The van der Waals surface area contributed by atoms with E-state index in [0.29, 0.717) is 5.56 Å². The van der Waals surface area contributed by atoms with Gasteiger partial charge in [-0.1, -0.05) is 31.2 Å². The summed E-state index contributed by atoms with van der Waals surface area (Å²) in [5.74, 6) is 0.385. The number of primary amides is 1. The van der Waals surface area contributed by atoms with Gasteiger partial charge in [0.2, 0.25) is 5.91 Å². The van der Waals surface area contributed by atoms with E-state index in [-0.39, 0.29) is 11.5 Å². The van der Waals surface area contributed by atoms with Gasteiger partial charge in [0, 0.05) is 24.7 Å². The molecule has 0 radical (unpaired) electrons. The number of aromatic nitrogens is 1. The number of carbonyl (C=O) groups excluding carboxylic acids is 1. The second-order valence-electron chi connectivity index (χ2n) is 7.96. The molecule has 2 heterocycles. The quantitative estimate of drug-likeness (QED) is 0.849. The van der Waals surface area contributed by atoms with Gasteiger partial charge in [0.15, 0.2) is 0 Å². The number of pyridine rings is 1. The molecule has 2 aromatic rings. The Hall–Kier alpha value is -2.44. The van der Waals surface area contributed by atoms with Gasteiger partial charge in [0.1, 0.15) is 5.82 Å². The van der Waals surface area contributed by atoms with Crippen LogP contribution in [0.2, 0.25) is 0 Å². The van der Waals surface area contributed by atoms with E-state index in [1.165, 1.54) is 17.3 Å². The van der Waals surface area contributed by atoms with Crippen molar-refractivity contribution in [3.63, 3.8) is 0 Å². The second kappa shape index (κ2) is 7.18. The maximum Gasteiger partial charge on any atom is 0.250 e. The van der Waals surface area contributed by atoms with Gasteiger partial charge in [-0.3, -0.25) is 9.69 Å². The summed E-state index contributed by atoms with van der Waals surface area (Å²) in [4.78, 5) is 20.1. The molecule has 6 heteroatoms. The van der Waals surface area contributed by atoms with Crippen molar-refractivity contribution >= 4 is 11.7 Å². The van der Waals surface area contributed by atoms with E-state index in [9.17, 15) is 9.90 Å². The van der Waals surface area contributed by atoms with Crippen molar-refractivity contribution < 1.29 is 9.90 Å². The van der Waals surface area contributed by atoms with Crippen LogP contribution in [-0.2, 0) is 5.41 Å². The predicted octanol–water partition coefficient (Wildman–Crippen LogP) is 2.09. The molecular formula is C22H28N4O2. The summed E-state index contributed by atoms with van der Waals surface area (Å²) in [7, 11) is 2.09. The minimum absolute atomic E-state index is 0.0423. The van der Waals surface area contributed by atoms with Gasteiger partial charge in [-0.25, -0.2) is 4.98 Å². The molecule has 0 saturated carbocycles. The molecular weight excluding hydrogens is 352 g/mol. The lowest BCUT2D eigenvalue weighted by atomic mass is 9.72. The summed E-state index contributed by atoms with van der Waals surface area (Å²) in [5.41, 5.74) is 8.07. The molecule has 3 N–H and O–H groups in total. The third kappa shape index (κ3) is 2.88. The fourth-order valence-corrected chi connectivity index (χ4v) is 4.93. The zero-order valence-corrected chi connectivity index (χ0v) is 16.5. The van der Waals surface area contributed by atoms with Gasteiger partial charge in [0.05, 0.1) is 17.7 Å². The Balaban J connectivity index is 1.58. The highest BCUT2D eigenvalue weighted by Gasteiger charge is 2.53. The van der Waals surface area contributed by atoms with Crippen LogP contribution in [0.4, 0.5) is 5.82 Å². The SMILES string of the molecule is CCN(C)[C@@H]1c2ccccc2C2(CCN(c3ccc(C(N)=O)cn3)CC2)[C@H]1O. The molecule has 1 aromatic carbocycles. The molecule has 0 unspecified atom stereocenters. The molecule has 148 valence electrons. The molecule has 0 bridgehead atoms. The number of carbonyl (C=O) groups is 1. The second-order valence-corrected chi connectivity index (χ2v) is 7.96. The lowest BCUT2D eigenvalue weighted by Crippen LogP contribution is -2.49. The zero-order valence-electron chi connectivity index (χ0n) is 16.5. The van der Waals surface area contributed by atoms with Gasteiger partial charge in [-0.2, -0.15) is 0 Å². The third-order valence-corrected chi connectivity index (χ3v) is 6.67. The molecule has 4 rings (SSSR count). The van der Waals surface area contributed by atoms with Crippen molar-refractivity contribution in [2.45, 2.75) is 37.3 Å². The van der Waals surface area contributed by atoms with E-state index in [4.69, 9.17) is 5.73 Å². The summed E-state index contributed by atoms with van der Waals surface area (Å²) in [6, 6.07) is 12.1. The van der Waals surface area contributed by atoms with Crippen LogP contribution >= 0.6 is 0 Å². The van der Waals surface area contributed by atoms with Crippen molar-refractivity contribution in [2.75, 3.05) is 31.6 Å². The zero-order chi connectivity index (χ0) is 19.9. The van der Waals surface area contributed by atoms with Crippen molar-refractivity contribution in [3.8, 4) is 0 Å². The van der Waals surface area contributed by atoms with Crippen molar-refractivity contribution in [3.05, 3.63) is 59.3 Å². The number of piperidine rings is 1. The minimum Gasteiger partial charge on any atom is -0.390 e. The Morgan fingerprint density at radius 3 is 2.61 bits per heavy atom. The summed E-state index contributed by atoms with van der Waals surface area (Å²) in [6.07, 6.45) is 2.87. The van der Waals surface area contributed by atoms with Crippen LogP contribution in [0.25, 0.3) is 0 Å². The first-order valence-corrected chi connectivity index (χ1v) is 9.96. The van der Waals surface area contributed by atoms with Crippen molar-refractivity contribution in [2.24, 2.45) is 5.73 Å². The molecule has 6 nitrogen and oxygen atoms in total. The van der Waals surface area contributed by atoms with E-state index < -0.39 is 12.0 Å². The molecule has 28 heavy (non-hydrogen) atoms. The molecule has 1 aliphatic heterocycles. The van der Waals surface area contributed by atoms with Crippen LogP contribution in [0.15, 0.2) is 42.6 Å². The first-order valence-electron chi connectivity index (χ1n) is 9.96. The van der Waals surface area contributed by atoms with Crippen LogP contribution in [0.5, 0.6) is 0 Å². The maximum atomic E-state index is 11.4. The fourth-order valence-electron chi connectivity index (χ4n) is 4.93. The molecule has 1 aliphatic carbocycles. The predicted molar refractivity (Wildman–Crippen MR) is 109 cm³/mol. The number of amides is 1. The van der Waals surface area contributed by atoms with Gasteiger partial charge in [0.25, 0.3) is 0 Å². The van der Waals surface area contributed by atoms with E-state index in [1.807, 2.05) is 6.07 Å². The summed E-state index contributed by atoms with van der Waals surface area (Å²) in [6.45, 7) is 4.66. The lowest BCUT2D eigenvalue weighted by molar-refractivity contribution is 0.0105. The van der Waals surface area contributed by atoms with E-state index in [1.54, 1.807) is 6.07 Å². The molecule has 1 spiro atoms. The summed E-state index contributed by atoms with van der Waals surface area (Å²) in [5, 5.41) is 11.4. The first-order chi connectivity index (χ1) is 13.5. The van der Waals surface area contributed by atoms with E-state index >= 15 is 0 Å². The summed E-state index contributed by atoms with van der Waals surface area (Å²) >= 11 is 0. The maximum absolute atomic E-state index is 11.4. The number of nitrogens with zero attached hydrogens (tertiary/aromatic N) is 3. The van der Waals surface area contributed by atoms with Crippen molar-refractivity contribution in [1.82, 2.24) is 9.88 Å². The van der Waals surface area contributed by atoms with Gasteiger partial charge in [-0.15, -0.1) is 0 Å². The monoisotopic (exact) mass is 380 g/mol. The van der Waals surface area contributed by atoms with Crippen LogP contribution in [0.1, 0.15) is 47.3 Å². The van der Waals surface area contributed by atoms with Gasteiger partial charge in [-0.05, 0) is 49.7 Å². The van der Waals surface area contributed by atoms with Gasteiger partial charge >= 0.3 is 0 Å². The third-order valence-electron chi connectivity index (χ3n) is 6.67. The average molecular weight is 380 g/mol. The Labute approximate surface area is 166 Å². The number of aliphatic hydroxyl groups excluding tert-OH is 1. The highest BCUT2D eigenvalue weighted by Crippen LogP contribution is 2.52. The highest BCUT2D eigenvalue weighted by molar-refractivity contribution is 5.92. The van der Waals surface area contributed by atoms with Crippen LogP contribution in [-0.4, -0.2) is 53.7 Å². The Morgan fingerprint density at radius 2 is 2.00 bits per heavy atom. The number of hydrogen-bond donors (Lipinski definition) is 2. The molecule has 1 saturated heterocycles. The Kier molecular flexibility index (Phi) is 4.85. The number of hydrogen-bond acceptors (Lipinski definition) is 5. The largest absolute Gasteiger partial charge is 0.390 e. The smallest absolute Gasteiger partial charge is 0.250 e. The molecule has 1 amide bonds. The highest BCUT2D eigenvalue weighted by atomic mass is 16.3. The van der Waals surface area contributed by atoms with Crippen LogP contribution < -0.4 is 10.6 Å². The topological polar surface area (TPSA) is 82.7 Å². The lowest BCUT2D eigenvalue weighted by Gasteiger charge is -2.44. The number of benzene rings is 1. The number of rotatable bonds is 4. The Morgan fingerprint density at radius 1 is 1.29 bits per heavy atom. The summed E-state index contributed by atoms with van der Waals surface area (Å²) < 4.78 is 0. The number of aliphatic hydroxyl groups is 1. The number of fused-ring (bicyclic) bond motifs is 2. The number of anilines is 1. The molecule has 1 fully saturated rings. The number of likely N-dealkylation sites (N-methyl/N-ethyl adjacent to an activating group) is 1. The fraction of sp³-hybridized carbons (Fsp3) is 0.455. The van der Waals surface area contributed by atoms with Crippen LogP contribution in [0.3, 0.4) is 0 Å². The molecule has 2 aliphatic rings. The number of nitrogens with two attached hydrogens (primary N) is 1. The van der Waals surface area contributed by atoms with E-state index in [2.05, 4.69) is 53.0 Å². The van der Waals surface area contributed by atoms with Crippen LogP contribution in [0, 0.1) is 0 Å².